The Balaban J connectivity index is 1.33. The van der Waals surface area contributed by atoms with Gasteiger partial charge in [0.05, 0.1) is 27.1 Å². The number of Topliss-reactive ketones (excluding diaryl/α,β-unsaturated/α-hetero) is 1. The number of aromatic amines is 1. The highest BCUT2D eigenvalue weighted by Gasteiger charge is 2.21. The van der Waals surface area contributed by atoms with E-state index in [2.05, 4.69) is 30.4 Å². The number of rotatable bonds is 8. The van der Waals surface area contributed by atoms with Crippen molar-refractivity contribution in [2.45, 2.75) is 5.16 Å². The number of ketones is 1. The van der Waals surface area contributed by atoms with Crippen LogP contribution in [0.25, 0.3) is 33.5 Å². The Morgan fingerprint density at radius 2 is 1.76 bits per heavy atom. The van der Waals surface area contributed by atoms with Crippen molar-refractivity contribution in [2.75, 3.05) is 27.1 Å². The van der Waals surface area contributed by atoms with Crippen molar-refractivity contribution in [1.29, 1.82) is 0 Å². The molecule has 2 aromatic carbocycles. The van der Waals surface area contributed by atoms with Gasteiger partial charge in [0.2, 0.25) is 22.6 Å². The molecule has 0 radical (unpaired) electrons. The van der Waals surface area contributed by atoms with Crippen LogP contribution in [0, 0.1) is 0 Å². The van der Waals surface area contributed by atoms with E-state index in [1.54, 1.807) is 12.1 Å². The predicted octanol–water partition coefficient (Wildman–Crippen LogP) is 3.56. The molecule has 0 bridgehead atoms. The Morgan fingerprint density at radius 1 is 1.00 bits per heavy atom. The van der Waals surface area contributed by atoms with Gasteiger partial charge in [-0.1, -0.05) is 30.0 Å². The van der Waals surface area contributed by atoms with Crippen LogP contribution in [0.3, 0.4) is 0 Å². The molecule has 0 aliphatic carbocycles. The molecule has 0 spiro atoms. The summed E-state index contributed by atoms with van der Waals surface area (Å²) in [7, 11) is 4.52. The summed E-state index contributed by atoms with van der Waals surface area (Å²) in [5.41, 5.74) is 2.72. The molecule has 34 heavy (non-hydrogen) atoms. The number of aromatic nitrogens is 6. The quantitative estimate of drug-likeness (QED) is 0.259. The average molecular weight is 478 g/mol. The summed E-state index contributed by atoms with van der Waals surface area (Å²) in [6.07, 6.45) is 0. The number of H-pyrrole nitrogens is 1. The van der Waals surface area contributed by atoms with Crippen molar-refractivity contribution >= 4 is 39.6 Å². The zero-order valence-corrected chi connectivity index (χ0v) is 19.2. The number of para-hydroxylation sites is 1. The van der Waals surface area contributed by atoms with E-state index in [1.807, 2.05) is 24.3 Å². The molecule has 3 aromatic heterocycles. The Kier molecular flexibility index (Phi) is 5.72. The number of carbonyl (C=O) groups excluding carboxylic acids is 1. The van der Waals surface area contributed by atoms with E-state index in [1.165, 1.54) is 21.3 Å². The van der Waals surface area contributed by atoms with E-state index in [4.69, 9.17) is 18.6 Å². The molecule has 0 saturated carbocycles. The molecule has 0 fully saturated rings. The number of nitrogens with one attached hydrogen (secondary N) is 1. The van der Waals surface area contributed by atoms with Crippen LogP contribution < -0.4 is 14.2 Å². The molecule has 172 valence electrons. The smallest absolute Gasteiger partial charge is 0.285 e. The molecule has 0 amide bonds. The fraction of sp³-hybridized carbons (Fsp3) is 0.182. The second-order valence-corrected chi connectivity index (χ2v) is 7.94. The van der Waals surface area contributed by atoms with Gasteiger partial charge in [-0.2, -0.15) is 0 Å². The molecule has 11 nitrogen and oxygen atoms in total. The maximum Gasteiger partial charge on any atom is 0.285 e. The third-order valence-corrected chi connectivity index (χ3v) is 5.85. The van der Waals surface area contributed by atoms with Gasteiger partial charge in [0.15, 0.2) is 17.1 Å². The van der Waals surface area contributed by atoms with Gasteiger partial charge < -0.3 is 23.6 Å². The van der Waals surface area contributed by atoms with E-state index < -0.39 is 0 Å². The molecule has 0 atom stereocenters. The maximum absolute atomic E-state index is 12.6. The van der Waals surface area contributed by atoms with Crippen LogP contribution in [0.1, 0.15) is 10.7 Å². The van der Waals surface area contributed by atoms with Gasteiger partial charge >= 0.3 is 0 Å². The van der Waals surface area contributed by atoms with Crippen LogP contribution in [-0.4, -0.2) is 63.2 Å². The summed E-state index contributed by atoms with van der Waals surface area (Å²) < 4.78 is 21.6. The number of benzene rings is 2. The first-order valence-corrected chi connectivity index (χ1v) is 11.0. The summed E-state index contributed by atoms with van der Waals surface area (Å²) in [5.74, 6) is 0.939. The molecule has 0 unspecified atom stereocenters. The summed E-state index contributed by atoms with van der Waals surface area (Å²) in [6, 6.07) is 11.1. The first kappa shape index (κ1) is 21.6. The fourth-order valence-corrected chi connectivity index (χ4v) is 4.05. The van der Waals surface area contributed by atoms with Gasteiger partial charge in [0.1, 0.15) is 5.52 Å². The second-order valence-electron chi connectivity index (χ2n) is 7.00. The Hall–Kier alpha value is -4.19. The maximum atomic E-state index is 12.6. The van der Waals surface area contributed by atoms with Gasteiger partial charge in [-0.05, 0) is 18.2 Å². The van der Waals surface area contributed by atoms with E-state index >= 15 is 0 Å². The normalized spacial score (nSPS) is 11.1. The van der Waals surface area contributed by atoms with Gasteiger partial charge in [-0.3, -0.25) is 4.79 Å². The highest BCUT2D eigenvalue weighted by molar-refractivity contribution is 7.99. The third-order valence-electron chi connectivity index (χ3n) is 5.01. The van der Waals surface area contributed by atoms with E-state index in [-0.39, 0.29) is 23.3 Å². The number of fused-ring (bicyclic) bond motifs is 3. The zero-order valence-electron chi connectivity index (χ0n) is 18.4. The lowest BCUT2D eigenvalue weighted by molar-refractivity contribution is 0.0986. The fourth-order valence-electron chi connectivity index (χ4n) is 3.42. The molecule has 12 heteroatoms. The van der Waals surface area contributed by atoms with Crippen LogP contribution >= 0.6 is 11.8 Å². The van der Waals surface area contributed by atoms with E-state index in [0.29, 0.717) is 39.1 Å². The summed E-state index contributed by atoms with van der Waals surface area (Å²) in [4.78, 5) is 20.3. The number of nitrogens with zero attached hydrogens (tertiary/aromatic N) is 5. The summed E-state index contributed by atoms with van der Waals surface area (Å²) in [5, 5.41) is 17.5. The topological polar surface area (TPSA) is 138 Å². The van der Waals surface area contributed by atoms with Crippen molar-refractivity contribution in [3.05, 3.63) is 42.3 Å². The lowest BCUT2D eigenvalue weighted by atomic mass is 10.2. The van der Waals surface area contributed by atoms with Crippen molar-refractivity contribution in [3.63, 3.8) is 0 Å². The first-order chi connectivity index (χ1) is 16.6. The van der Waals surface area contributed by atoms with E-state index in [0.717, 1.165) is 22.7 Å². The van der Waals surface area contributed by atoms with Gasteiger partial charge in [-0.15, -0.1) is 20.4 Å². The third kappa shape index (κ3) is 3.88. The number of hydrogen-bond donors (Lipinski definition) is 1. The highest BCUT2D eigenvalue weighted by Crippen LogP contribution is 2.40. The molecular formula is C22H18N6O5S. The average Bonchev–Trinajstić information content (AvgIpc) is 3.51. The number of hydrogen-bond acceptors (Lipinski definition) is 11. The molecule has 5 rings (SSSR count). The van der Waals surface area contributed by atoms with Gasteiger partial charge in [0, 0.05) is 16.5 Å². The van der Waals surface area contributed by atoms with E-state index in [9.17, 15) is 4.79 Å². The minimum absolute atomic E-state index is 0.00427. The Morgan fingerprint density at radius 3 is 2.50 bits per heavy atom. The number of methoxy groups -OCH3 is 3. The van der Waals surface area contributed by atoms with Gasteiger partial charge in [0.25, 0.3) is 5.89 Å². The summed E-state index contributed by atoms with van der Waals surface area (Å²) in [6.45, 7) is 0. The lowest BCUT2D eigenvalue weighted by Gasteiger charge is -2.12. The minimum Gasteiger partial charge on any atom is -0.493 e. The Bertz CT molecular complexity index is 1490. The molecule has 0 saturated heterocycles. The first-order valence-electron chi connectivity index (χ1n) is 10.0. The highest BCUT2D eigenvalue weighted by atomic mass is 32.2. The number of ether oxygens (including phenoxy) is 3. The predicted molar refractivity (Wildman–Crippen MR) is 124 cm³/mol. The van der Waals surface area contributed by atoms with Crippen molar-refractivity contribution in [3.8, 4) is 28.7 Å². The monoisotopic (exact) mass is 478 g/mol. The van der Waals surface area contributed by atoms with Crippen LogP contribution in [0.5, 0.6) is 17.2 Å². The standard InChI is InChI=1S/C22H18N6O5S/c1-30-15-8-11(9-16(31-2)18(15)32-3)20-26-27-21(33-20)14(29)10-34-22-24-19-17(25-28-22)12-6-4-5-7-13(12)23-19/h4-9H,10H2,1-3H3,(H,23,24,28). The van der Waals surface area contributed by atoms with Crippen LogP contribution in [0.4, 0.5) is 0 Å². The molecule has 5 aromatic rings. The molecule has 1 N–H and O–H groups in total. The van der Waals surface area contributed by atoms with Crippen molar-refractivity contribution in [2.24, 2.45) is 0 Å². The SMILES string of the molecule is COc1cc(-c2nnc(C(=O)CSc3nnc4c(n3)[nH]c3ccccc34)o2)cc(OC)c1OC. The van der Waals surface area contributed by atoms with Gasteiger partial charge in [-0.25, -0.2) is 4.98 Å². The van der Waals surface area contributed by atoms with Crippen LogP contribution in [-0.2, 0) is 0 Å². The van der Waals surface area contributed by atoms with Crippen LogP contribution in [0.15, 0.2) is 46.0 Å². The minimum atomic E-state index is -0.364. The largest absolute Gasteiger partial charge is 0.493 e. The molecule has 0 aliphatic heterocycles. The Labute approximate surface area is 196 Å². The summed E-state index contributed by atoms with van der Waals surface area (Å²) >= 11 is 1.13. The lowest BCUT2D eigenvalue weighted by Crippen LogP contribution is -2.04. The second kappa shape index (κ2) is 8.98. The van der Waals surface area contributed by atoms with Crippen LogP contribution in [0.2, 0.25) is 0 Å². The number of carbonyl (C=O) groups is 1. The van der Waals surface area contributed by atoms with Crippen molar-refractivity contribution < 1.29 is 23.4 Å². The van der Waals surface area contributed by atoms with Crippen molar-refractivity contribution in [1.82, 2.24) is 30.4 Å². The molecular weight excluding hydrogens is 460 g/mol. The molecule has 0 aliphatic rings. The molecule has 3 heterocycles. The number of thioether (sulfide) groups is 1. The zero-order chi connectivity index (χ0) is 23.7.